The molecule has 0 amide bonds. The molecule has 0 heterocycles. The molecular formula is C26H47N. The molecule has 0 saturated heterocycles. The number of rotatable bonds is 14. The van der Waals surface area contributed by atoms with Crippen LogP contribution in [-0.2, 0) is 0 Å². The van der Waals surface area contributed by atoms with Crippen LogP contribution in [0, 0.1) is 11.8 Å². The number of unbranched alkanes of at least 4 members (excludes halogenated alkanes) is 4. The van der Waals surface area contributed by atoms with E-state index in [-0.39, 0.29) is 6.04 Å². The van der Waals surface area contributed by atoms with Crippen molar-refractivity contribution in [2.45, 2.75) is 117 Å². The molecule has 0 aromatic heterocycles. The van der Waals surface area contributed by atoms with Crippen molar-refractivity contribution >= 4 is 0 Å². The highest BCUT2D eigenvalue weighted by Crippen LogP contribution is 2.44. The van der Waals surface area contributed by atoms with Gasteiger partial charge in [-0.3, -0.25) is 0 Å². The third-order valence-electron chi connectivity index (χ3n) is 6.13. The fourth-order valence-electron chi connectivity index (χ4n) is 4.59. The van der Waals surface area contributed by atoms with Crippen LogP contribution in [0.25, 0.3) is 0 Å². The Morgan fingerprint density at radius 1 is 0.963 bits per heavy atom. The van der Waals surface area contributed by atoms with Gasteiger partial charge in [0.2, 0.25) is 0 Å². The lowest BCUT2D eigenvalue weighted by Gasteiger charge is -2.20. The highest BCUT2D eigenvalue weighted by molar-refractivity contribution is 5.53. The maximum atomic E-state index is 6.43. The molecule has 0 radical (unpaired) electrons. The van der Waals surface area contributed by atoms with Crippen LogP contribution in [-0.4, -0.2) is 6.04 Å². The zero-order valence-corrected chi connectivity index (χ0v) is 18.9. The molecule has 1 saturated carbocycles. The Bertz CT molecular complexity index is 465. The molecule has 0 aliphatic heterocycles. The van der Waals surface area contributed by atoms with Gasteiger partial charge in [0.1, 0.15) is 0 Å². The van der Waals surface area contributed by atoms with Crippen LogP contribution in [0.2, 0.25) is 0 Å². The van der Waals surface area contributed by atoms with E-state index in [2.05, 4.69) is 46.4 Å². The van der Waals surface area contributed by atoms with Gasteiger partial charge in [-0.1, -0.05) is 97.8 Å². The van der Waals surface area contributed by atoms with Crippen LogP contribution in [0.3, 0.4) is 0 Å². The second-order valence-electron chi connectivity index (χ2n) is 8.72. The molecule has 1 fully saturated rings. The predicted molar refractivity (Wildman–Crippen MR) is 123 cm³/mol. The van der Waals surface area contributed by atoms with Crippen molar-refractivity contribution in [3.8, 4) is 0 Å². The molecule has 0 bridgehead atoms. The molecule has 0 aromatic rings. The molecule has 2 N–H and O–H groups in total. The summed E-state index contributed by atoms with van der Waals surface area (Å²) in [4.78, 5) is 0. The number of nitrogens with two attached hydrogens (primary N) is 1. The minimum atomic E-state index is 0.202. The summed E-state index contributed by atoms with van der Waals surface area (Å²) in [5.74, 6) is 1.49. The quantitative estimate of drug-likeness (QED) is 0.306. The van der Waals surface area contributed by atoms with Crippen molar-refractivity contribution in [2.24, 2.45) is 17.6 Å². The molecule has 0 spiro atoms. The van der Waals surface area contributed by atoms with Crippen LogP contribution in [0.4, 0.5) is 0 Å². The highest BCUT2D eigenvalue weighted by atomic mass is 14.6. The van der Waals surface area contributed by atoms with E-state index in [0.717, 1.165) is 12.3 Å². The summed E-state index contributed by atoms with van der Waals surface area (Å²) in [6, 6.07) is 0.202. The molecule has 2 unspecified atom stereocenters. The lowest BCUT2D eigenvalue weighted by Crippen LogP contribution is -2.17. The molecule has 1 rings (SSSR count). The Balaban J connectivity index is 2.90. The molecule has 27 heavy (non-hydrogen) atoms. The van der Waals surface area contributed by atoms with E-state index in [9.17, 15) is 0 Å². The van der Waals surface area contributed by atoms with E-state index < -0.39 is 0 Å². The van der Waals surface area contributed by atoms with Gasteiger partial charge in [-0.2, -0.15) is 0 Å². The normalized spacial score (nSPS) is 21.7. The highest BCUT2D eigenvalue weighted by Gasteiger charge is 2.29. The average molecular weight is 374 g/mol. The first-order chi connectivity index (χ1) is 13.1. The monoisotopic (exact) mass is 373 g/mol. The fraction of sp³-hybridized carbons (Fsp3) is 0.769. The summed E-state index contributed by atoms with van der Waals surface area (Å²) in [6.07, 6.45) is 21.3. The smallest absolute Gasteiger partial charge is 0.0229 e. The first-order valence-electron chi connectivity index (χ1n) is 11.9. The van der Waals surface area contributed by atoms with Crippen molar-refractivity contribution in [1.29, 1.82) is 0 Å². The number of hydrogen-bond acceptors (Lipinski definition) is 1. The Kier molecular flexibility index (Phi) is 12.8. The second-order valence-corrected chi connectivity index (χ2v) is 8.72. The fourth-order valence-corrected chi connectivity index (χ4v) is 4.59. The third-order valence-corrected chi connectivity index (χ3v) is 6.13. The topological polar surface area (TPSA) is 26.0 Å². The standard InChI is InChI=1S/C26H47N/c1-6-10-12-13-17-26-21(5)23(18-22(14-8-3)15-9-4)19-24(26)20-25(27)16-11-7-2/h17,20,22-23,25H,5-16,18-19,27H2,1-4H3/b24-20-,26-17-. The van der Waals surface area contributed by atoms with Crippen LogP contribution < -0.4 is 5.73 Å². The lowest BCUT2D eigenvalue weighted by molar-refractivity contribution is 0.363. The molecular weight excluding hydrogens is 326 g/mol. The van der Waals surface area contributed by atoms with E-state index in [1.165, 1.54) is 93.8 Å². The predicted octanol–water partition coefficient (Wildman–Crippen LogP) is 8.12. The van der Waals surface area contributed by atoms with Crippen molar-refractivity contribution in [1.82, 2.24) is 0 Å². The van der Waals surface area contributed by atoms with E-state index >= 15 is 0 Å². The minimum Gasteiger partial charge on any atom is -0.324 e. The Hall–Kier alpha value is -0.820. The van der Waals surface area contributed by atoms with Crippen LogP contribution in [0.5, 0.6) is 0 Å². The average Bonchev–Trinajstić information content (AvgIpc) is 2.92. The van der Waals surface area contributed by atoms with Crippen molar-refractivity contribution in [3.05, 3.63) is 35.5 Å². The lowest BCUT2D eigenvalue weighted by atomic mass is 9.85. The molecule has 1 nitrogen and oxygen atoms in total. The van der Waals surface area contributed by atoms with Gasteiger partial charge in [0.05, 0.1) is 0 Å². The summed E-state index contributed by atoms with van der Waals surface area (Å²) in [7, 11) is 0. The zero-order valence-electron chi connectivity index (χ0n) is 18.9. The first kappa shape index (κ1) is 24.2. The largest absolute Gasteiger partial charge is 0.324 e. The SMILES string of the molecule is C=C1C(=C/CCCCC)/C(=C\C(N)CCCC)CC1CC(CCC)CCC. The third kappa shape index (κ3) is 8.81. The van der Waals surface area contributed by atoms with E-state index in [1.54, 1.807) is 0 Å². The Morgan fingerprint density at radius 2 is 1.63 bits per heavy atom. The Morgan fingerprint density at radius 3 is 2.22 bits per heavy atom. The van der Waals surface area contributed by atoms with E-state index in [4.69, 9.17) is 5.73 Å². The summed E-state index contributed by atoms with van der Waals surface area (Å²) in [5.41, 5.74) is 10.8. The number of allylic oxidation sites excluding steroid dienone is 4. The molecule has 0 aromatic carbocycles. The second kappa shape index (κ2) is 14.2. The summed E-state index contributed by atoms with van der Waals surface area (Å²) >= 11 is 0. The van der Waals surface area contributed by atoms with Gasteiger partial charge in [0.15, 0.2) is 0 Å². The van der Waals surface area contributed by atoms with Gasteiger partial charge < -0.3 is 5.73 Å². The molecule has 1 heteroatoms. The van der Waals surface area contributed by atoms with E-state index in [0.29, 0.717) is 5.92 Å². The van der Waals surface area contributed by atoms with Gasteiger partial charge in [0.25, 0.3) is 0 Å². The molecule has 1 aliphatic carbocycles. The maximum absolute atomic E-state index is 6.43. The van der Waals surface area contributed by atoms with Crippen molar-refractivity contribution in [2.75, 3.05) is 0 Å². The van der Waals surface area contributed by atoms with Gasteiger partial charge in [-0.15, -0.1) is 0 Å². The molecule has 156 valence electrons. The number of hydrogen-bond donors (Lipinski definition) is 1. The Labute approximate surface area is 170 Å². The van der Waals surface area contributed by atoms with Crippen molar-refractivity contribution in [3.63, 3.8) is 0 Å². The van der Waals surface area contributed by atoms with Crippen LogP contribution in [0.1, 0.15) is 111 Å². The molecule has 2 atom stereocenters. The van der Waals surface area contributed by atoms with Crippen molar-refractivity contribution < 1.29 is 0 Å². The minimum absolute atomic E-state index is 0.202. The summed E-state index contributed by atoms with van der Waals surface area (Å²) in [6.45, 7) is 13.7. The van der Waals surface area contributed by atoms with Crippen LogP contribution in [0.15, 0.2) is 35.5 Å². The van der Waals surface area contributed by atoms with Gasteiger partial charge >= 0.3 is 0 Å². The summed E-state index contributed by atoms with van der Waals surface area (Å²) in [5, 5.41) is 0. The molecule has 1 aliphatic rings. The zero-order chi connectivity index (χ0) is 20.1. The van der Waals surface area contributed by atoms with Gasteiger partial charge in [-0.05, 0) is 60.7 Å². The van der Waals surface area contributed by atoms with Crippen LogP contribution >= 0.6 is 0 Å². The summed E-state index contributed by atoms with van der Waals surface area (Å²) < 4.78 is 0. The van der Waals surface area contributed by atoms with Gasteiger partial charge in [-0.25, -0.2) is 0 Å². The van der Waals surface area contributed by atoms with E-state index in [1.807, 2.05) is 0 Å². The van der Waals surface area contributed by atoms with Gasteiger partial charge in [0, 0.05) is 6.04 Å². The first-order valence-corrected chi connectivity index (χ1v) is 11.9. The maximum Gasteiger partial charge on any atom is 0.0229 e.